The molecule has 3 aliphatic carbocycles. The van der Waals surface area contributed by atoms with E-state index in [0.29, 0.717) is 28.2 Å². The van der Waals surface area contributed by atoms with Crippen LogP contribution in [0.25, 0.3) is 0 Å². The number of esters is 1. The topological polar surface area (TPSA) is 76.0 Å². The number of hydrogen-bond donors (Lipinski definition) is 2. The molecule has 0 aromatic rings. The quantitative estimate of drug-likeness (QED) is 0.625. The van der Waals surface area contributed by atoms with Crippen molar-refractivity contribution in [3.8, 4) is 0 Å². The highest BCUT2D eigenvalue weighted by Crippen LogP contribution is 2.70. The number of ether oxygens (including phenoxy) is 2. The third kappa shape index (κ3) is 2.87. The highest BCUT2D eigenvalue weighted by atomic mass is 16.6. The van der Waals surface area contributed by atoms with Gasteiger partial charge in [0.1, 0.15) is 0 Å². The normalized spacial score (nSPS) is 52.5. The molecule has 30 heavy (non-hydrogen) atoms. The van der Waals surface area contributed by atoms with Crippen LogP contribution in [0.4, 0.5) is 0 Å². The van der Waals surface area contributed by atoms with Crippen LogP contribution in [-0.2, 0) is 14.3 Å². The number of aliphatic hydroxyl groups excluding tert-OH is 2. The Balaban J connectivity index is 1.47. The van der Waals surface area contributed by atoms with Crippen LogP contribution in [0.3, 0.4) is 0 Å². The minimum absolute atomic E-state index is 0.134. The third-order valence-electron chi connectivity index (χ3n) is 10.3. The Labute approximate surface area is 180 Å². The summed E-state index contributed by atoms with van der Waals surface area (Å²) < 4.78 is 10.8. The van der Waals surface area contributed by atoms with Gasteiger partial charge in [-0.3, -0.25) is 0 Å². The Hall–Kier alpha value is -0.910. The zero-order valence-electron chi connectivity index (χ0n) is 18.9. The molecule has 2 unspecified atom stereocenters. The van der Waals surface area contributed by atoms with E-state index < -0.39 is 24.7 Å². The van der Waals surface area contributed by atoms with Gasteiger partial charge in [-0.1, -0.05) is 34.1 Å². The number of carbonyl (C=O) groups excluding carboxylic acids is 1. The first-order valence-corrected chi connectivity index (χ1v) is 12.0. The van der Waals surface area contributed by atoms with Crippen molar-refractivity contribution in [3.05, 3.63) is 11.6 Å². The molecular formula is C25H38O5. The fraction of sp³-hybridized carbons (Fsp3) is 0.880. The van der Waals surface area contributed by atoms with Crippen molar-refractivity contribution in [2.24, 2.45) is 39.9 Å². The van der Waals surface area contributed by atoms with Crippen molar-refractivity contribution in [2.45, 2.75) is 97.7 Å². The van der Waals surface area contributed by atoms with E-state index in [2.05, 4.69) is 27.7 Å². The molecule has 0 amide bonds. The molecule has 5 rings (SSSR count). The molecule has 1 saturated heterocycles. The van der Waals surface area contributed by atoms with E-state index in [1.54, 1.807) is 0 Å². The number of rotatable bonds is 1. The van der Waals surface area contributed by atoms with E-state index >= 15 is 0 Å². The first-order valence-electron chi connectivity index (χ1n) is 12.0. The lowest BCUT2D eigenvalue weighted by molar-refractivity contribution is -0.263. The minimum Gasteiger partial charge on any atom is -0.429 e. The van der Waals surface area contributed by atoms with Gasteiger partial charge in [-0.05, 0) is 78.9 Å². The lowest BCUT2D eigenvalue weighted by Crippen LogP contribution is -2.62. The number of aliphatic hydroxyl groups is 2. The molecule has 0 radical (unpaired) electrons. The molecule has 4 fully saturated rings. The average Bonchev–Trinajstić information content (AvgIpc) is 2.99. The van der Waals surface area contributed by atoms with E-state index in [1.807, 2.05) is 0 Å². The first kappa shape index (κ1) is 21.0. The van der Waals surface area contributed by atoms with Crippen LogP contribution in [0.15, 0.2) is 11.6 Å². The second kappa shape index (κ2) is 6.79. The number of fused-ring (bicyclic) bond motifs is 5. The Bertz CT molecular complexity index is 759. The van der Waals surface area contributed by atoms with E-state index in [-0.39, 0.29) is 11.3 Å². The van der Waals surface area contributed by atoms with E-state index in [0.717, 1.165) is 18.8 Å². The predicted octanol–water partition coefficient (Wildman–Crippen LogP) is 4.17. The zero-order valence-corrected chi connectivity index (χ0v) is 18.9. The molecule has 3 saturated carbocycles. The van der Waals surface area contributed by atoms with Crippen molar-refractivity contribution >= 4 is 5.97 Å². The lowest BCUT2D eigenvalue weighted by Gasteiger charge is -2.67. The van der Waals surface area contributed by atoms with Crippen LogP contribution >= 0.6 is 0 Å². The van der Waals surface area contributed by atoms with Gasteiger partial charge in [0.2, 0.25) is 6.29 Å². The summed E-state index contributed by atoms with van der Waals surface area (Å²) in [5.74, 6) is 1.35. The molecule has 0 spiro atoms. The van der Waals surface area contributed by atoms with Gasteiger partial charge in [-0.2, -0.15) is 0 Å². The summed E-state index contributed by atoms with van der Waals surface area (Å²) in [4.78, 5) is 11.6. The largest absolute Gasteiger partial charge is 0.429 e. The van der Waals surface area contributed by atoms with Gasteiger partial charge in [0, 0.05) is 17.6 Å². The van der Waals surface area contributed by atoms with Crippen LogP contribution in [0.5, 0.6) is 0 Å². The molecule has 2 aliphatic heterocycles. The van der Waals surface area contributed by atoms with E-state index in [4.69, 9.17) is 9.47 Å². The summed E-state index contributed by atoms with van der Waals surface area (Å²) in [6.07, 6.45) is 8.13. The summed E-state index contributed by atoms with van der Waals surface area (Å²) in [5.41, 5.74) is 1.38. The number of cyclic esters (lactones) is 1. The molecule has 9 atom stereocenters. The van der Waals surface area contributed by atoms with Gasteiger partial charge >= 0.3 is 5.97 Å². The molecular weight excluding hydrogens is 380 g/mol. The fourth-order valence-corrected chi connectivity index (χ4v) is 9.07. The smallest absolute Gasteiger partial charge is 0.333 e. The van der Waals surface area contributed by atoms with Crippen LogP contribution in [-0.4, -0.2) is 34.9 Å². The molecule has 5 aliphatic rings. The Morgan fingerprint density at radius 3 is 2.43 bits per heavy atom. The SMILES string of the molecule is CC1(C)CCC[C@]2(C)[C@H]3CC[C@@H]4C(O)O[C@@H](C5=CC(=O)OC5O)C[C@H]4[C@]3(C)CC[C@@H]12. The Kier molecular flexibility index (Phi) is 4.75. The standard InChI is InChI=1S/C25H38O5/c1-23(2)9-5-10-25(4)18(23)8-11-24(3)16-13-17(15-12-20(26)30-22(15)28)29-21(27)14(16)6-7-19(24)25/h12,14,16-19,21-22,27-28H,5-11,13H2,1-4H3/t14-,16+,17+,18-,19-,21?,22?,24-,25-/m0/s1. The van der Waals surface area contributed by atoms with Crippen molar-refractivity contribution in [2.75, 3.05) is 0 Å². The monoisotopic (exact) mass is 418 g/mol. The molecule has 5 nitrogen and oxygen atoms in total. The summed E-state index contributed by atoms with van der Waals surface area (Å²) in [5, 5.41) is 21.1. The highest BCUT2D eigenvalue weighted by Gasteiger charge is 2.63. The van der Waals surface area contributed by atoms with Gasteiger partial charge in [0.25, 0.3) is 0 Å². The number of hydrogen-bond acceptors (Lipinski definition) is 5. The van der Waals surface area contributed by atoms with Gasteiger partial charge in [-0.15, -0.1) is 0 Å². The summed E-state index contributed by atoms with van der Waals surface area (Å²) >= 11 is 0. The zero-order chi connectivity index (χ0) is 21.5. The maximum absolute atomic E-state index is 11.6. The van der Waals surface area contributed by atoms with Crippen LogP contribution in [0.2, 0.25) is 0 Å². The van der Waals surface area contributed by atoms with Crippen LogP contribution in [0.1, 0.15) is 79.1 Å². The van der Waals surface area contributed by atoms with E-state index in [1.165, 1.54) is 44.6 Å². The molecule has 0 aromatic carbocycles. The van der Waals surface area contributed by atoms with Crippen molar-refractivity contribution < 1.29 is 24.5 Å². The van der Waals surface area contributed by atoms with Gasteiger partial charge in [-0.25, -0.2) is 4.79 Å². The first-order chi connectivity index (χ1) is 14.1. The summed E-state index contributed by atoms with van der Waals surface area (Å²) in [7, 11) is 0. The minimum atomic E-state index is -1.24. The molecule has 168 valence electrons. The summed E-state index contributed by atoms with van der Waals surface area (Å²) in [6.45, 7) is 9.98. The Morgan fingerprint density at radius 2 is 1.73 bits per heavy atom. The van der Waals surface area contributed by atoms with Gasteiger partial charge in [0.15, 0.2) is 6.29 Å². The maximum Gasteiger partial charge on any atom is 0.333 e. The second-order valence-corrected chi connectivity index (χ2v) is 12.0. The fourth-order valence-electron chi connectivity index (χ4n) is 9.07. The molecule has 0 aromatic heterocycles. The van der Waals surface area contributed by atoms with Gasteiger partial charge < -0.3 is 19.7 Å². The molecule has 0 bridgehead atoms. The van der Waals surface area contributed by atoms with Crippen molar-refractivity contribution in [1.82, 2.24) is 0 Å². The summed E-state index contributed by atoms with van der Waals surface area (Å²) in [6, 6.07) is 0. The van der Waals surface area contributed by atoms with Gasteiger partial charge in [0.05, 0.1) is 6.10 Å². The predicted molar refractivity (Wildman–Crippen MR) is 112 cm³/mol. The van der Waals surface area contributed by atoms with Crippen molar-refractivity contribution in [3.63, 3.8) is 0 Å². The second-order valence-electron chi connectivity index (χ2n) is 12.0. The van der Waals surface area contributed by atoms with E-state index in [9.17, 15) is 15.0 Å². The lowest BCUT2D eigenvalue weighted by atomic mass is 9.38. The average molecular weight is 419 g/mol. The molecule has 2 N–H and O–H groups in total. The highest BCUT2D eigenvalue weighted by molar-refractivity contribution is 5.85. The molecule has 2 heterocycles. The Morgan fingerprint density at radius 1 is 0.967 bits per heavy atom. The number of carbonyl (C=O) groups is 1. The third-order valence-corrected chi connectivity index (χ3v) is 10.3. The van der Waals surface area contributed by atoms with Crippen LogP contribution in [0, 0.1) is 39.9 Å². The molecule has 5 heteroatoms. The van der Waals surface area contributed by atoms with Crippen LogP contribution < -0.4 is 0 Å². The van der Waals surface area contributed by atoms with Crippen molar-refractivity contribution in [1.29, 1.82) is 0 Å². The maximum atomic E-state index is 11.6.